The molecule has 0 saturated heterocycles. The second kappa shape index (κ2) is 3.77. The molecule has 0 spiro atoms. The van der Waals surface area contributed by atoms with E-state index in [1.54, 1.807) is 13.0 Å². The normalized spacial score (nSPS) is 12.5. The number of hydrogen-bond donors (Lipinski definition) is 2. The summed E-state index contributed by atoms with van der Waals surface area (Å²) in [5, 5.41) is 9.05. The van der Waals surface area contributed by atoms with Crippen molar-refractivity contribution in [3.05, 3.63) is 34.3 Å². The fourth-order valence-electron chi connectivity index (χ4n) is 1.03. The first kappa shape index (κ1) is 10.0. The van der Waals surface area contributed by atoms with E-state index in [1.807, 2.05) is 0 Å². The topological polar surface area (TPSA) is 63.3 Å². The number of carbonyl (C=O) groups is 1. The van der Waals surface area contributed by atoms with Gasteiger partial charge >= 0.3 is 5.97 Å². The highest BCUT2D eigenvalue weighted by atomic mass is 35.5. The average Bonchev–Trinajstić information content (AvgIpc) is 2.03. The molecule has 13 heavy (non-hydrogen) atoms. The van der Waals surface area contributed by atoms with Crippen LogP contribution in [0.25, 0.3) is 0 Å². The first-order chi connectivity index (χ1) is 6.02. The highest BCUT2D eigenvalue weighted by molar-refractivity contribution is 6.31. The van der Waals surface area contributed by atoms with Crippen LogP contribution in [0.15, 0.2) is 18.2 Å². The number of hydrogen-bond acceptors (Lipinski definition) is 2. The van der Waals surface area contributed by atoms with Crippen LogP contribution in [0.1, 0.15) is 28.9 Å². The zero-order valence-electron chi connectivity index (χ0n) is 7.12. The minimum absolute atomic E-state index is 0.175. The quantitative estimate of drug-likeness (QED) is 0.767. The van der Waals surface area contributed by atoms with Crippen molar-refractivity contribution in [2.45, 2.75) is 13.0 Å². The van der Waals surface area contributed by atoms with E-state index in [9.17, 15) is 4.79 Å². The van der Waals surface area contributed by atoms with Gasteiger partial charge in [-0.3, -0.25) is 0 Å². The zero-order chi connectivity index (χ0) is 10.0. The van der Waals surface area contributed by atoms with E-state index in [1.165, 1.54) is 12.1 Å². The van der Waals surface area contributed by atoms with Gasteiger partial charge in [-0.25, -0.2) is 4.79 Å². The summed E-state index contributed by atoms with van der Waals surface area (Å²) in [7, 11) is 0. The van der Waals surface area contributed by atoms with E-state index < -0.39 is 5.97 Å². The summed E-state index contributed by atoms with van der Waals surface area (Å²) >= 11 is 5.83. The monoisotopic (exact) mass is 199 g/mol. The maximum absolute atomic E-state index is 10.5. The van der Waals surface area contributed by atoms with Gasteiger partial charge in [0.2, 0.25) is 0 Å². The summed E-state index contributed by atoms with van der Waals surface area (Å²) in [5.74, 6) is -0.988. The first-order valence-corrected chi connectivity index (χ1v) is 4.18. The minimum Gasteiger partial charge on any atom is -0.478 e. The van der Waals surface area contributed by atoms with Crippen molar-refractivity contribution < 1.29 is 9.90 Å². The molecule has 0 aromatic heterocycles. The van der Waals surface area contributed by atoms with E-state index in [-0.39, 0.29) is 11.6 Å². The molecule has 0 fully saturated rings. The van der Waals surface area contributed by atoms with Crippen LogP contribution in [0.3, 0.4) is 0 Å². The standard InChI is InChI=1S/C9H10ClNO2/c1-5(11)7-3-2-6(9(12)13)4-8(7)10/h2-5H,11H2,1H3,(H,12,13)/t5-/m0/s1. The van der Waals surface area contributed by atoms with Gasteiger partial charge < -0.3 is 10.8 Å². The summed E-state index contributed by atoms with van der Waals surface area (Å²) in [6.45, 7) is 1.79. The summed E-state index contributed by atoms with van der Waals surface area (Å²) in [6.07, 6.45) is 0. The molecule has 0 amide bonds. The Morgan fingerprint density at radius 3 is 2.62 bits per heavy atom. The van der Waals surface area contributed by atoms with Gasteiger partial charge in [0, 0.05) is 11.1 Å². The highest BCUT2D eigenvalue weighted by Crippen LogP contribution is 2.22. The van der Waals surface area contributed by atoms with Crippen LogP contribution in [0.4, 0.5) is 0 Å². The van der Waals surface area contributed by atoms with Crippen molar-refractivity contribution >= 4 is 17.6 Å². The summed E-state index contributed by atoms with van der Waals surface area (Å²) < 4.78 is 0. The van der Waals surface area contributed by atoms with Crippen molar-refractivity contribution in [3.8, 4) is 0 Å². The molecule has 3 N–H and O–H groups in total. The lowest BCUT2D eigenvalue weighted by Crippen LogP contribution is -2.06. The Bertz CT molecular complexity index is 336. The smallest absolute Gasteiger partial charge is 0.335 e. The van der Waals surface area contributed by atoms with Gasteiger partial charge in [-0.05, 0) is 24.6 Å². The number of benzene rings is 1. The SMILES string of the molecule is C[C@H](N)c1ccc(C(=O)O)cc1Cl. The summed E-state index contributed by atoms with van der Waals surface area (Å²) in [4.78, 5) is 10.5. The van der Waals surface area contributed by atoms with Crippen molar-refractivity contribution in [1.82, 2.24) is 0 Å². The molecule has 1 aromatic carbocycles. The molecule has 70 valence electrons. The van der Waals surface area contributed by atoms with Gasteiger partial charge in [0.05, 0.1) is 5.56 Å². The molecule has 1 rings (SSSR count). The van der Waals surface area contributed by atoms with Gasteiger partial charge in [-0.15, -0.1) is 0 Å². The molecule has 0 heterocycles. The second-order valence-corrected chi connectivity index (χ2v) is 3.24. The third kappa shape index (κ3) is 2.20. The van der Waals surface area contributed by atoms with E-state index >= 15 is 0 Å². The fourth-order valence-corrected chi connectivity index (χ4v) is 1.38. The first-order valence-electron chi connectivity index (χ1n) is 3.80. The van der Waals surface area contributed by atoms with E-state index in [0.717, 1.165) is 5.56 Å². The molecule has 1 atom stereocenters. The fraction of sp³-hybridized carbons (Fsp3) is 0.222. The van der Waals surface area contributed by atoms with Crippen molar-refractivity contribution in [2.24, 2.45) is 5.73 Å². The average molecular weight is 200 g/mol. The Morgan fingerprint density at radius 1 is 1.62 bits per heavy atom. The number of carboxylic acids is 1. The number of halogens is 1. The predicted octanol–water partition coefficient (Wildman–Crippen LogP) is 2.06. The highest BCUT2D eigenvalue weighted by Gasteiger charge is 2.08. The Hall–Kier alpha value is -1.06. The molecule has 4 heteroatoms. The Balaban J connectivity index is 3.13. The molecule has 0 radical (unpaired) electrons. The van der Waals surface area contributed by atoms with Crippen LogP contribution in [-0.2, 0) is 0 Å². The van der Waals surface area contributed by atoms with E-state index in [0.29, 0.717) is 5.02 Å². The van der Waals surface area contributed by atoms with E-state index in [2.05, 4.69) is 0 Å². The lowest BCUT2D eigenvalue weighted by atomic mass is 10.1. The summed E-state index contributed by atoms with van der Waals surface area (Å²) in [6, 6.07) is 4.35. The maximum Gasteiger partial charge on any atom is 0.335 e. The van der Waals surface area contributed by atoms with Crippen molar-refractivity contribution in [1.29, 1.82) is 0 Å². The van der Waals surface area contributed by atoms with Crippen molar-refractivity contribution in [3.63, 3.8) is 0 Å². The predicted molar refractivity (Wildman–Crippen MR) is 51.0 cm³/mol. The maximum atomic E-state index is 10.5. The van der Waals surface area contributed by atoms with Crippen LogP contribution in [-0.4, -0.2) is 11.1 Å². The molecular weight excluding hydrogens is 190 g/mol. The van der Waals surface area contributed by atoms with Gasteiger partial charge in [-0.1, -0.05) is 17.7 Å². The van der Waals surface area contributed by atoms with Crippen LogP contribution in [0.5, 0.6) is 0 Å². The molecule has 0 saturated carbocycles. The Labute approximate surface area is 81.1 Å². The van der Waals surface area contributed by atoms with Crippen molar-refractivity contribution in [2.75, 3.05) is 0 Å². The molecule has 0 aliphatic carbocycles. The van der Waals surface area contributed by atoms with Gasteiger partial charge in [0.1, 0.15) is 0 Å². The summed E-state index contributed by atoms with van der Waals surface area (Å²) in [5.41, 5.74) is 6.54. The van der Waals surface area contributed by atoms with Crippen LogP contribution >= 0.6 is 11.6 Å². The van der Waals surface area contributed by atoms with E-state index in [4.69, 9.17) is 22.4 Å². The third-order valence-electron chi connectivity index (χ3n) is 1.74. The lowest BCUT2D eigenvalue weighted by Gasteiger charge is -2.08. The van der Waals surface area contributed by atoms with Crippen LogP contribution < -0.4 is 5.73 Å². The molecule has 0 aliphatic heterocycles. The van der Waals surface area contributed by atoms with Crippen LogP contribution in [0.2, 0.25) is 5.02 Å². The number of rotatable bonds is 2. The minimum atomic E-state index is -0.988. The molecule has 1 aromatic rings. The molecule has 0 unspecified atom stereocenters. The van der Waals surface area contributed by atoms with Gasteiger partial charge in [-0.2, -0.15) is 0 Å². The number of carboxylic acid groups (broad SMARTS) is 1. The number of aromatic carboxylic acids is 1. The lowest BCUT2D eigenvalue weighted by molar-refractivity contribution is 0.0697. The van der Waals surface area contributed by atoms with Crippen LogP contribution in [0, 0.1) is 0 Å². The van der Waals surface area contributed by atoms with Gasteiger partial charge in [0.25, 0.3) is 0 Å². The molecule has 0 bridgehead atoms. The molecular formula is C9H10ClNO2. The largest absolute Gasteiger partial charge is 0.478 e. The Morgan fingerprint density at radius 2 is 2.23 bits per heavy atom. The number of nitrogens with two attached hydrogens (primary N) is 1. The zero-order valence-corrected chi connectivity index (χ0v) is 7.88. The second-order valence-electron chi connectivity index (χ2n) is 2.83. The molecule has 3 nitrogen and oxygen atoms in total. The Kier molecular flexibility index (Phi) is 2.90. The molecule has 0 aliphatic rings. The third-order valence-corrected chi connectivity index (χ3v) is 2.07. The van der Waals surface area contributed by atoms with Gasteiger partial charge in [0.15, 0.2) is 0 Å².